The van der Waals surface area contributed by atoms with E-state index in [1.54, 1.807) is 0 Å². The average Bonchev–Trinajstić information content (AvgIpc) is 2.72. The number of methoxy groups -OCH3 is 1. The van der Waals surface area contributed by atoms with E-state index >= 15 is 0 Å². The number of carbonyl (C=O) groups excluding carboxylic acids is 3. The number of benzene rings is 1. The van der Waals surface area contributed by atoms with Crippen LogP contribution in [0, 0.1) is 5.92 Å². The lowest BCUT2D eigenvalue weighted by Crippen LogP contribution is -2.50. The van der Waals surface area contributed by atoms with Crippen LogP contribution >= 0.6 is 0 Å². The molecule has 2 aromatic rings. The second kappa shape index (κ2) is 10.3. The standard InChI is InChI=1S/C21H25N3O4/c1-15(2)13-18(21(27)28-3)24(20(26)17-14-22-11-12-23-17)19(25)10-9-16-7-5-4-6-8-16/h4-8,11-12,14-15,18H,9-10,13H2,1-3H3/t18-/m0/s1. The molecular weight excluding hydrogens is 358 g/mol. The molecule has 1 heterocycles. The van der Waals surface area contributed by atoms with Crippen LogP contribution in [0.1, 0.15) is 42.7 Å². The van der Waals surface area contributed by atoms with Crippen molar-refractivity contribution in [1.29, 1.82) is 0 Å². The number of nitrogens with zero attached hydrogens (tertiary/aromatic N) is 3. The molecule has 1 aromatic heterocycles. The summed E-state index contributed by atoms with van der Waals surface area (Å²) in [6.07, 6.45) is 4.93. The van der Waals surface area contributed by atoms with Gasteiger partial charge in [-0.15, -0.1) is 0 Å². The van der Waals surface area contributed by atoms with E-state index in [4.69, 9.17) is 4.74 Å². The Labute approximate surface area is 164 Å². The highest BCUT2D eigenvalue weighted by Crippen LogP contribution is 2.18. The van der Waals surface area contributed by atoms with Crippen molar-refractivity contribution in [3.8, 4) is 0 Å². The van der Waals surface area contributed by atoms with Gasteiger partial charge in [-0.2, -0.15) is 0 Å². The van der Waals surface area contributed by atoms with Gasteiger partial charge < -0.3 is 4.74 Å². The van der Waals surface area contributed by atoms with E-state index < -0.39 is 23.8 Å². The van der Waals surface area contributed by atoms with Gasteiger partial charge in [-0.3, -0.25) is 19.5 Å². The highest BCUT2D eigenvalue weighted by molar-refractivity contribution is 6.06. The third-order valence-corrected chi connectivity index (χ3v) is 4.22. The lowest BCUT2D eigenvalue weighted by atomic mass is 10.0. The molecule has 0 radical (unpaired) electrons. The van der Waals surface area contributed by atoms with E-state index in [1.807, 2.05) is 44.2 Å². The fourth-order valence-electron chi connectivity index (χ4n) is 2.87. The largest absolute Gasteiger partial charge is 0.467 e. The van der Waals surface area contributed by atoms with Crippen molar-refractivity contribution in [2.45, 2.75) is 39.2 Å². The molecule has 0 bridgehead atoms. The van der Waals surface area contributed by atoms with Gasteiger partial charge in [0, 0.05) is 18.8 Å². The minimum absolute atomic E-state index is 0.00761. The van der Waals surface area contributed by atoms with E-state index in [-0.39, 0.29) is 18.0 Å². The number of esters is 1. The molecule has 7 nitrogen and oxygen atoms in total. The molecule has 0 unspecified atom stereocenters. The molecule has 0 saturated carbocycles. The van der Waals surface area contributed by atoms with Crippen LogP contribution in [-0.2, 0) is 20.7 Å². The van der Waals surface area contributed by atoms with Gasteiger partial charge >= 0.3 is 5.97 Å². The molecular formula is C21H25N3O4. The number of carbonyl (C=O) groups is 3. The number of imide groups is 1. The first-order valence-corrected chi connectivity index (χ1v) is 9.18. The highest BCUT2D eigenvalue weighted by Gasteiger charge is 2.36. The van der Waals surface area contributed by atoms with E-state index in [1.165, 1.54) is 25.7 Å². The fraction of sp³-hybridized carbons (Fsp3) is 0.381. The van der Waals surface area contributed by atoms with Crippen LogP contribution in [0.15, 0.2) is 48.9 Å². The Morgan fingerprint density at radius 1 is 1.11 bits per heavy atom. The summed E-state index contributed by atoms with van der Waals surface area (Å²) in [5.41, 5.74) is 0.981. The lowest BCUT2D eigenvalue weighted by molar-refractivity contribution is -0.151. The van der Waals surface area contributed by atoms with Crippen LogP contribution in [0.3, 0.4) is 0 Å². The molecule has 0 aliphatic carbocycles. The first-order valence-electron chi connectivity index (χ1n) is 9.18. The molecule has 1 atom stereocenters. The molecule has 0 aliphatic heterocycles. The zero-order chi connectivity index (χ0) is 20.5. The van der Waals surface area contributed by atoms with Crippen molar-refractivity contribution in [3.63, 3.8) is 0 Å². The fourth-order valence-corrected chi connectivity index (χ4v) is 2.87. The second-order valence-corrected chi connectivity index (χ2v) is 6.81. The molecule has 2 rings (SSSR count). The topological polar surface area (TPSA) is 89.5 Å². The SMILES string of the molecule is COC(=O)[C@H](CC(C)C)N(C(=O)CCc1ccccc1)C(=O)c1cnccn1. The Balaban J connectivity index is 2.31. The number of aryl methyl sites for hydroxylation is 1. The summed E-state index contributed by atoms with van der Waals surface area (Å²) in [6.45, 7) is 3.82. The van der Waals surface area contributed by atoms with Gasteiger partial charge in [-0.25, -0.2) is 9.78 Å². The summed E-state index contributed by atoms with van der Waals surface area (Å²) in [6, 6.07) is 8.48. The highest BCUT2D eigenvalue weighted by atomic mass is 16.5. The summed E-state index contributed by atoms with van der Waals surface area (Å²) in [5.74, 6) is -1.65. The van der Waals surface area contributed by atoms with Crippen LogP contribution in [0.4, 0.5) is 0 Å². The van der Waals surface area contributed by atoms with Crippen LogP contribution in [-0.4, -0.2) is 45.8 Å². The summed E-state index contributed by atoms with van der Waals surface area (Å²) in [4.78, 5) is 47.3. The number of ether oxygens (including phenoxy) is 1. The van der Waals surface area contributed by atoms with Crippen molar-refractivity contribution in [3.05, 3.63) is 60.2 Å². The molecule has 0 N–H and O–H groups in total. The lowest BCUT2D eigenvalue weighted by Gasteiger charge is -2.29. The number of amides is 2. The molecule has 1 aromatic carbocycles. The van der Waals surface area contributed by atoms with E-state index in [0.29, 0.717) is 12.8 Å². The van der Waals surface area contributed by atoms with E-state index in [9.17, 15) is 14.4 Å². The molecule has 0 saturated heterocycles. The summed E-state index contributed by atoms with van der Waals surface area (Å²) in [7, 11) is 1.25. The molecule has 0 aliphatic rings. The Bertz CT molecular complexity index is 794. The van der Waals surface area contributed by atoms with Crippen LogP contribution in [0.2, 0.25) is 0 Å². The van der Waals surface area contributed by atoms with Gasteiger partial charge in [-0.1, -0.05) is 44.2 Å². The molecule has 0 fully saturated rings. The van der Waals surface area contributed by atoms with Gasteiger partial charge in [-0.05, 0) is 24.3 Å². The van der Waals surface area contributed by atoms with Gasteiger partial charge in [0.25, 0.3) is 5.91 Å². The van der Waals surface area contributed by atoms with Crippen molar-refractivity contribution >= 4 is 17.8 Å². The van der Waals surface area contributed by atoms with Crippen molar-refractivity contribution in [1.82, 2.24) is 14.9 Å². The van der Waals surface area contributed by atoms with Gasteiger partial charge in [0.2, 0.25) is 5.91 Å². The molecule has 28 heavy (non-hydrogen) atoms. The molecule has 148 valence electrons. The van der Waals surface area contributed by atoms with Crippen molar-refractivity contribution in [2.75, 3.05) is 7.11 Å². The monoisotopic (exact) mass is 383 g/mol. The quantitative estimate of drug-likeness (QED) is 0.651. The third-order valence-electron chi connectivity index (χ3n) is 4.22. The maximum atomic E-state index is 13.0. The maximum absolute atomic E-state index is 13.0. The number of rotatable bonds is 8. The third kappa shape index (κ3) is 5.70. The van der Waals surface area contributed by atoms with Gasteiger partial charge in [0.05, 0.1) is 13.3 Å². The normalized spacial score (nSPS) is 11.7. The number of aromatic nitrogens is 2. The van der Waals surface area contributed by atoms with Crippen molar-refractivity contribution < 1.29 is 19.1 Å². The summed E-state index contributed by atoms with van der Waals surface area (Å²) < 4.78 is 4.87. The average molecular weight is 383 g/mol. The predicted octanol–water partition coefficient (Wildman–Crippen LogP) is 2.67. The zero-order valence-corrected chi connectivity index (χ0v) is 16.4. The van der Waals surface area contributed by atoms with Gasteiger partial charge in [0.15, 0.2) is 0 Å². The van der Waals surface area contributed by atoms with E-state index in [0.717, 1.165) is 10.5 Å². The number of hydrogen-bond donors (Lipinski definition) is 0. The molecule has 2 amide bonds. The molecule has 7 heteroatoms. The zero-order valence-electron chi connectivity index (χ0n) is 16.4. The molecule has 0 spiro atoms. The van der Waals surface area contributed by atoms with Crippen LogP contribution in [0.5, 0.6) is 0 Å². The Morgan fingerprint density at radius 3 is 2.39 bits per heavy atom. The van der Waals surface area contributed by atoms with Crippen molar-refractivity contribution in [2.24, 2.45) is 5.92 Å². The second-order valence-electron chi connectivity index (χ2n) is 6.81. The maximum Gasteiger partial charge on any atom is 0.329 e. The number of hydrogen-bond acceptors (Lipinski definition) is 6. The van der Waals surface area contributed by atoms with Gasteiger partial charge in [0.1, 0.15) is 11.7 Å². The summed E-state index contributed by atoms with van der Waals surface area (Å²) in [5, 5.41) is 0. The Morgan fingerprint density at radius 2 is 1.82 bits per heavy atom. The first-order chi connectivity index (χ1) is 13.4. The van der Waals surface area contributed by atoms with Crippen LogP contribution in [0.25, 0.3) is 0 Å². The van der Waals surface area contributed by atoms with Crippen LogP contribution < -0.4 is 0 Å². The Kier molecular flexibility index (Phi) is 7.80. The minimum atomic E-state index is -1.01. The minimum Gasteiger partial charge on any atom is -0.467 e. The first kappa shape index (κ1) is 21.2. The Hall–Kier alpha value is -3.09. The summed E-state index contributed by atoms with van der Waals surface area (Å²) >= 11 is 0. The van der Waals surface area contributed by atoms with E-state index in [2.05, 4.69) is 9.97 Å². The smallest absolute Gasteiger partial charge is 0.329 e. The predicted molar refractivity (Wildman–Crippen MR) is 103 cm³/mol.